The Morgan fingerprint density at radius 2 is 2.19 bits per heavy atom. The molecule has 1 atom stereocenters. The van der Waals surface area contributed by atoms with Crippen LogP contribution in [0.5, 0.6) is 0 Å². The molecule has 3 heterocycles. The number of fused-ring (bicyclic) bond motifs is 1. The van der Waals surface area contributed by atoms with Gasteiger partial charge in [0.15, 0.2) is 0 Å². The molecule has 0 radical (unpaired) electrons. The Morgan fingerprint density at radius 3 is 3.04 bits per heavy atom. The highest BCUT2D eigenvalue weighted by Gasteiger charge is 2.31. The zero-order valence-corrected chi connectivity index (χ0v) is 14.3. The number of benzene rings is 1. The molecule has 1 aliphatic rings. The van der Waals surface area contributed by atoms with Crippen LogP contribution in [-0.4, -0.2) is 45.5 Å². The lowest BCUT2D eigenvalue weighted by Gasteiger charge is -2.35. The monoisotopic (exact) mass is 350 g/mol. The van der Waals surface area contributed by atoms with Gasteiger partial charge in [-0.25, -0.2) is 4.98 Å². The normalized spacial score (nSPS) is 17.4. The zero-order valence-electron chi connectivity index (χ0n) is 14.3. The number of ether oxygens (including phenoxy) is 1. The molecule has 1 aliphatic heterocycles. The number of aromatic amines is 1. The first-order chi connectivity index (χ1) is 12.6. The lowest BCUT2D eigenvalue weighted by atomic mass is 10.0. The fourth-order valence-corrected chi connectivity index (χ4v) is 3.31. The average molecular weight is 350 g/mol. The van der Waals surface area contributed by atoms with E-state index in [0.717, 1.165) is 10.9 Å². The summed E-state index contributed by atoms with van der Waals surface area (Å²) >= 11 is 0. The number of carbonyl (C=O) groups excluding carboxylic acids is 1. The van der Waals surface area contributed by atoms with Crippen LogP contribution in [0.2, 0.25) is 0 Å². The molecule has 2 aromatic heterocycles. The van der Waals surface area contributed by atoms with E-state index in [0.29, 0.717) is 36.8 Å². The second kappa shape index (κ2) is 6.68. The first kappa shape index (κ1) is 16.4. The third kappa shape index (κ3) is 2.97. The van der Waals surface area contributed by atoms with Crippen molar-refractivity contribution >= 4 is 16.8 Å². The van der Waals surface area contributed by atoms with Crippen molar-refractivity contribution in [3.63, 3.8) is 0 Å². The topological polar surface area (TPSA) is 88.2 Å². The van der Waals surface area contributed by atoms with Gasteiger partial charge in [-0.05, 0) is 25.1 Å². The quantitative estimate of drug-likeness (QED) is 0.762. The van der Waals surface area contributed by atoms with E-state index in [1.54, 1.807) is 24.1 Å². The Hall–Kier alpha value is -3.06. The minimum atomic E-state index is -0.399. The number of aryl methyl sites for hydroxylation is 1. The van der Waals surface area contributed by atoms with Crippen molar-refractivity contribution in [2.24, 2.45) is 0 Å². The average Bonchev–Trinajstić information content (AvgIpc) is 2.66. The molecular formula is C19H18N4O3. The molecule has 0 aliphatic carbocycles. The summed E-state index contributed by atoms with van der Waals surface area (Å²) in [6, 6.07) is 10.2. The molecule has 26 heavy (non-hydrogen) atoms. The van der Waals surface area contributed by atoms with Gasteiger partial charge in [-0.1, -0.05) is 12.1 Å². The fraction of sp³-hybridized carbons (Fsp3) is 0.263. The van der Waals surface area contributed by atoms with Gasteiger partial charge in [0.25, 0.3) is 11.5 Å². The molecule has 1 N–H and O–H groups in total. The smallest absolute Gasteiger partial charge is 0.255 e. The number of morpholine rings is 1. The summed E-state index contributed by atoms with van der Waals surface area (Å²) < 4.78 is 5.56. The molecule has 4 rings (SSSR count). The van der Waals surface area contributed by atoms with Crippen LogP contribution in [0.4, 0.5) is 0 Å². The highest BCUT2D eigenvalue weighted by Crippen LogP contribution is 2.26. The molecular weight excluding hydrogens is 332 g/mol. The van der Waals surface area contributed by atoms with E-state index in [2.05, 4.69) is 15.0 Å². The lowest BCUT2D eigenvalue weighted by Crippen LogP contribution is -2.44. The molecule has 0 unspecified atom stereocenters. The van der Waals surface area contributed by atoms with Crippen molar-refractivity contribution in [2.75, 3.05) is 19.8 Å². The Kier molecular flexibility index (Phi) is 4.22. The molecule has 0 spiro atoms. The number of pyridine rings is 1. The van der Waals surface area contributed by atoms with Crippen LogP contribution in [-0.2, 0) is 4.74 Å². The second-order valence-corrected chi connectivity index (χ2v) is 6.22. The highest BCUT2D eigenvalue weighted by atomic mass is 16.5. The van der Waals surface area contributed by atoms with Crippen LogP contribution in [0, 0.1) is 6.92 Å². The second-order valence-electron chi connectivity index (χ2n) is 6.22. The number of hydrogen-bond donors (Lipinski definition) is 1. The first-order valence-electron chi connectivity index (χ1n) is 8.44. The van der Waals surface area contributed by atoms with Crippen molar-refractivity contribution in [3.8, 4) is 0 Å². The molecule has 7 nitrogen and oxygen atoms in total. The minimum Gasteiger partial charge on any atom is -0.377 e. The summed E-state index contributed by atoms with van der Waals surface area (Å²) in [5.74, 6) is 0.400. The van der Waals surface area contributed by atoms with Crippen LogP contribution in [0.3, 0.4) is 0 Å². The minimum absolute atomic E-state index is 0.114. The van der Waals surface area contributed by atoms with Gasteiger partial charge in [-0.3, -0.25) is 14.6 Å². The maximum atomic E-state index is 13.3. The van der Waals surface area contributed by atoms with Crippen LogP contribution < -0.4 is 5.56 Å². The van der Waals surface area contributed by atoms with Gasteiger partial charge in [0, 0.05) is 29.8 Å². The molecule has 3 aromatic rings. The molecule has 1 aromatic carbocycles. The van der Waals surface area contributed by atoms with Gasteiger partial charge in [0.1, 0.15) is 5.82 Å². The van der Waals surface area contributed by atoms with Crippen molar-refractivity contribution < 1.29 is 9.53 Å². The molecule has 1 amide bonds. The van der Waals surface area contributed by atoms with E-state index in [1.165, 1.54) is 6.07 Å². The summed E-state index contributed by atoms with van der Waals surface area (Å²) in [6.45, 7) is 2.92. The molecule has 0 saturated carbocycles. The highest BCUT2D eigenvalue weighted by molar-refractivity contribution is 6.06. The van der Waals surface area contributed by atoms with Gasteiger partial charge in [0.2, 0.25) is 0 Å². The van der Waals surface area contributed by atoms with Gasteiger partial charge < -0.3 is 14.6 Å². The first-order valence-corrected chi connectivity index (χ1v) is 8.44. The van der Waals surface area contributed by atoms with Crippen molar-refractivity contribution in [1.82, 2.24) is 19.9 Å². The molecule has 0 bridgehead atoms. The maximum Gasteiger partial charge on any atom is 0.255 e. The van der Waals surface area contributed by atoms with Gasteiger partial charge in [-0.2, -0.15) is 0 Å². The van der Waals surface area contributed by atoms with E-state index < -0.39 is 6.04 Å². The molecule has 7 heteroatoms. The summed E-state index contributed by atoms with van der Waals surface area (Å²) in [7, 11) is 0. The van der Waals surface area contributed by atoms with Gasteiger partial charge in [-0.15, -0.1) is 0 Å². The Bertz CT molecular complexity index is 1030. The zero-order chi connectivity index (χ0) is 18.1. The molecule has 1 saturated heterocycles. The summed E-state index contributed by atoms with van der Waals surface area (Å²) in [5.41, 5.74) is 1.66. The number of rotatable bonds is 2. The van der Waals surface area contributed by atoms with E-state index in [9.17, 15) is 9.59 Å². The lowest BCUT2D eigenvalue weighted by molar-refractivity contribution is -0.00390. The van der Waals surface area contributed by atoms with E-state index in [-0.39, 0.29) is 11.5 Å². The summed E-state index contributed by atoms with van der Waals surface area (Å²) in [5, 5.41) is 0.806. The van der Waals surface area contributed by atoms with Gasteiger partial charge >= 0.3 is 0 Å². The third-order valence-corrected chi connectivity index (χ3v) is 4.49. The number of carbonyl (C=O) groups is 1. The maximum absolute atomic E-state index is 13.3. The summed E-state index contributed by atoms with van der Waals surface area (Å²) in [6.07, 6.45) is 1.71. The van der Waals surface area contributed by atoms with Crippen molar-refractivity contribution in [3.05, 3.63) is 70.0 Å². The van der Waals surface area contributed by atoms with E-state index >= 15 is 0 Å². The van der Waals surface area contributed by atoms with Gasteiger partial charge in [0.05, 0.1) is 30.5 Å². The molecule has 132 valence electrons. The predicted octanol–water partition coefficient (Wildman–Crippen LogP) is 1.84. The Balaban J connectivity index is 1.76. The Labute approximate surface area is 149 Å². The van der Waals surface area contributed by atoms with Crippen molar-refractivity contribution in [2.45, 2.75) is 13.0 Å². The number of nitrogens with one attached hydrogen (secondary N) is 1. The SMILES string of the molecule is Cc1nc([C@H]2COCCN2C(=O)c2cccc3ncccc23)cc(=O)[nH]1. The fourth-order valence-electron chi connectivity index (χ4n) is 3.31. The standard InChI is InChI=1S/C19H18N4O3/c1-12-21-16(10-18(24)22-12)17-11-26-9-8-23(17)19(25)14-4-2-6-15-13(14)5-3-7-20-15/h2-7,10,17H,8-9,11H2,1H3,(H,21,22,24)/t17-/m1/s1. The van der Waals surface area contributed by atoms with Crippen LogP contribution in [0.15, 0.2) is 47.4 Å². The van der Waals surface area contributed by atoms with Crippen molar-refractivity contribution in [1.29, 1.82) is 0 Å². The van der Waals surface area contributed by atoms with Crippen LogP contribution in [0.1, 0.15) is 27.9 Å². The summed E-state index contributed by atoms with van der Waals surface area (Å²) in [4.78, 5) is 38.2. The number of nitrogens with zero attached hydrogens (tertiary/aromatic N) is 3. The van der Waals surface area contributed by atoms with Crippen LogP contribution in [0.25, 0.3) is 10.9 Å². The van der Waals surface area contributed by atoms with E-state index in [4.69, 9.17) is 4.74 Å². The number of aromatic nitrogens is 3. The van der Waals surface area contributed by atoms with E-state index in [1.807, 2.05) is 24.3 Å². The Morgan fingerprint density at radius 1 is 1.31 bits per heavy atom. The number of hydrogen-bond acceptors (Lipinski definition) is 5. The number of H-pyrrole nitrogens is 1. The number of amides is 1. The molecule has 1 fully saturated rings. The largest absolute Gasteiger partial charge is 0.377 e. The third-order valence-electron chi connectivity index (χ3n) is 4.49. The van der Waals surface area contributed by atoms with Crippen LogP contribution >= 0.6 is 0 Å². The predicted molar refractivity (Wildman–Crippen MR) is 95.9 cm³/mol.